The fourth-order valence-corrected chi connectivity index (χ4v) is 5.95. The van der Waals surface area contributed by atoms with Crippen LogP contribution in [0.4, 0.5) is 0 Å². The van der Waals surface area contributed by atoms with Gasteiger partial charge in [0.2, 0.25) is 16.8 Å². The second-order valence-corrected chi connectivity index (χ2v) is 10.9. The Hall–Kier alpha value is -3.95. The van der Waals surface area contributed by atoms with Crippen molar-refractivity contribution in [2.24, 2.45) is 0 Å². The standard InChI is InChI=1S/C28H26N4O4S/c33-37(34,17-13-20-6-2-1-3-7-20)32-15-11-21(12-16-32)28-30-26(27(31-28)23-8-4-5-14-29-23)22-9-10-24-25(18-22)36-19-35-24/h1-10,13-14,17-18,21H,11-12,15-16,19H2,(H,30,31). The first-order valence-corrected chi connectivity index (χ1v) is 13.7. The molecule has 188 valence electrons. The van der Waals surface area contributed by atoms with E-state index in [1.807, 2.05) is 66.7 Å². The number of rotatable bonds is 6. The first kappa shape index (κ1) is 23.4. The van der Waals surface area contributed by atoms with E-state index in [0.717, 1.165) is 34.0 Å². The van der Waals surface area contributed by atoms with Crippen LogP contribution in [0.5, 0.6) is 11.5 Å². The van der Waals surface area contributed by atoms with E-state index in [9.17, 15) is 8.42 Å². The fraction of sp³-hybridized carbons (Fsp3) is 0.214. The van der Waals surface area contributed by atoms with E-state index in [1.54, 1.807) is 16.6 Å². The summed E-state index contributed by atoms with van der Waals surface area (Å²) in [7, 11) is -3.50. The minimum absolute atomic E-state index is 0.106. The molecule has 0 aliphatic carbocycles. The van der Waals surface area contributed by atoms with Crippen LogP contribution in [0.1, 0.15) is 30.1 Å². The van der Waals surface area contributed by atoms with Gasteiger partial charge in [-0.05, 0) is 54.8 Å². The summed E-state index contributed by atoms with van der Waals surface area (Å²) in [5.74, 6) is 2.35. The van der Waals surface area contributed by atoms with Crippen LogP contribution in [0.3, 0.4) is 0 Å². The van der Waals surface area contributed by atoms with Crippen molar-refractivity contribution in [1.29, 1.82) is 0 Å². The third-order valence-corrected chi connectivity index (χ3v) is 8.29. The van der Waals surface area contributed by atoms with Crippen molar-refractivity contribution < 1.29 is 17.9 Å². The monoisotopic (exact) mass is 514 g/mol. The van der Waals surface area contributed by atoms with Crippen molar-refractivity contribution in [3.63, 3.8) is 0 Å². The summed E-state index contributed by atoms with van der Waals surface area (Å²) in [4.78, 5) is 13.0. The number of imidazole rings is 1. The maximum absolute atomic E-state index is 12.9. The van der Waals surface area contributed by atoms with Crippen LogP contribution in [0.25, 0.3) is 28.7 Å². The van der Waals surface area contributed by atoms with Crippen molar-refractivity contribution in [3.05, 3.63) is 89.7 Å². The van der Waals surface area contributed by atoms with Gasteiger partial charge in [0.15, 0.2) is 11.5 Å². The Morgan fingerprint density at radius 1 is 0.946 bits per heavy atom. The number of pyridine rings is 1. The molecule has 0 spiro atoms. The molecule has 1 fully saturated rings. The molecular formula is C28H26N4O4S. The molecule has 0 saturated carbocycles. The summed E-state index contributed by atoms with van der Waals surface area (Å²) in [6, 6.07) is 21.0. The number of aromatic amines is 1. The van der Waals surface area contributed by atoms with Gasteiger partial charge in [-0.3, -0.25) is 4.98 Å². The Kier molecular flexibility index (Phi) is 6.23. The van der Waals surface area contributed by atoms with E-state index in [1.165, 1.54) is 5.41 Å². The number of nitrogens with zero attached hydrogens (tertiary/aromatic N) is 3. The lowest BCUT2D eigenvalue weighted by Gasteiger charge is -2.29. The van der Waals surface area contributed by atoms with Gasteiger partial charge in [-0.1, -0.05) is 36.4 Å². The highest BCUT2D eigenvalue weighted by Crippen LogP contribution is 2.39. The third kappa shape index (κ3) is 4.87. The highest BCUT2D eigenvalue weighted by Gasteiger charge is 2.30. The largest absolute Gasteiger partial charge is 0.454 e. The molecular weight excluding hydrogens is 488 g/mol. The molecule has 2 aliphatic rings. The molecule has 37 heavy (non-hydrogen) atoms. The number of hydrogen-bond donors (Lipinski definition) is 1. The maximum atomic E-state index is 12.9. The van der Waals surface area contributed by atoms with Gasteiger partial charge in [0.05, 0.1) is 17.1 Å². The first-order chi connectivity index (χ1) is 18.1. The van der Waals surface area contributed by atoms with Crippen molar-refractivity contribution in [1.82, 2.24) is 19.3 Å². The molecule has 2 aromatic heterocycles. The molecule has 0 atom stereocenters. The number of sulfonamides is 1. The van der Waals surface area contributed by atoms with E-state index < -0.39 is 10.0 Å². The average Bonchev–Trinajstić information content (AvgIpc) is 3.60. The van der Waals surface area contributed by atoms with E-state index in [2.05, 4.69) is 9.97 Å². The smallest absolute Gasteiger partial charge is 0.236 e. The molecule has 1 saturated heterocycles. The van der Waals surface area contributed by atoms with Gasteiger partial charge in [0, 0.05) is 36.2 Å². The van der Waals surface area contributed by atoms with E-state index in [0.29, 0.717) is 37.4 Å². The van der Waals surface area contributed by atoms with Crippen molar-refractivity contribution in [2.45, 2.75) is 18.8 Å². The van der Waals surface area contributed by atoms with E-state index >= 15 is 0 Å². The zero-order valence-electron chi connectivity index (χ0n) is 20.1. The van der Waals surface area contributed by atoms with Gasteiger partial charge in [-0.2, -0.15) is 4.31 Å². The van der Waals surface area contributed by atoms with Gasteiger partial charge in [-0.25, -0.2) is 13.4 Å². The number of ether oxygens (including phenoxy) is 2. The molecule has 2 aliphatic heterocycles. The van der Waals surface area contributed by atoms with Gasteiger partial charge < -0.3 is 14.5 Å². The Labute approximate surface area is 215 Å². The fourth-order valence-electron chi connectivity index (χ4n) is 4.73. The summed E-state index contributed by atoms with van der Waals surface area (Å²) in [5, 5.41) is 1.30. The number of aromatic nitrogens is 3. The Morgan fingerprint density at radius 3 is 2.51 bits per heavy atom. The topological polar surface area (TPSA) is 97.4 Å². The maximum Gasteiger partial charge on any atom is 0.236 e. The lowest BCUT2D eigenvalue weighted by atomic mass is 9.97. The van der Waals surface area contributed by atoms with E-state index in [-0.39, 0.29) is 12.7 Å². The summed E-state index contributed by atoms with van der Waals surface area (Å²) in [5.41, 5.74) is 4.16. The second-order valence-electron chi connectivity index (χ2n) is 9.06. The zero-order valence-corrected chi connectivity index (χ0v) is 20.9. The molecule has 9 heteroatoms. The SMILES string of the molecule is O=S(=O)(C=Cc1ccccc1)N1CCC(c2nc(-c3ccc4c(c3)OCO4)c(-c3ccccn3)[nH]2)CC1. The summed E-state index contributed by atoms with van der Waals surface area (Å²) in [6.07, 6.45) is 4.75. The molecule has 0 unspecified atom stereocenters. The number of H-pyrrole nitrogens is 1. The normalized spacial score (nSPS) is 16.4. The average molecular weight is 515 g/mol. The summed E-state index contributed by atoms with van der Waals surface area (Å²) < 4.78 is 38.4. The minimum Gasteiger partial charge on any atom is -0.454 e. The van der Waals surface area contributed by atoms with Crippen LogP contribution in [0, 0.1) is 0 Å². The molecule has 2 aromatic carbocycles. The van der Waals surface area contributed by atoms with Crippen LogP contribution in [0.15, 0.2) is 78.3 Å². The van der Waals surface area contributed by atoms with Crippen LogP contribution >= 0.6 is 0 Å². The van der Waals surface area contributed by atoms with Crippen molar-refractivity contribution in [2.75, 3.05) is 19.9 Å². The lowest BCUT2D eigenvalue weighted by molar-refractivity contribution is 0.174. The molecule has 1 N–H and O–H groups in total. The lowest BCUT2D eigenvalue weighted by Crippen LogP contribution is -2.36. The van der Waals surface area contributed by atoms with Crippen LogP contribution in [-0.4, -0.2) is 47.6 Å². The molecule has 8 nitrogen and oxygen atoms in total. The first-order valence-electron chi connectivity index (χ1n) is 12.2. The number of nitrogens with one attached hydrogen (secondary N) is 1. The molecule has 4 heterocycles. The van der Waals surface area contributed by atoms with Crippen LogP contribution in [-0.2, 0) is 10.0 Å². The minimum atomic E-state index is -3.50. The molecule has 0 amide bonds. The van der Waals surface area contributed by atoms with Crippen LogP contribution in [0.2, 0.25) is 0 Å². The Morgan fingerprint density at radius 2 is 1.73 bits per heavy atom. The predicted molar refractivity (Wildman–Crippen MR) is 141 cm³/mol. The Balaban J connectivity index is 1.24. The highest BCUT2D eigenvalue weighted by atomic mass is 32.2. The van der Waals surface area contributed by atoms with Gasteiger partial charge in [-0.15, -0.1) is 0 Å². The number of hydrogen-bond acceptors (Lipinski definition) is 6. The molecule has 0 radical (unpaired) electrons. The summed E-state index contributed by atoms with van der Waals surface area (Å²) in [6.45, 7) is 1.08. The predicted octanol–water partition coefficient (Wildman–Crippen LogP) is 5.05. The quantitative estimate of drug-likeness (QED) is 0.387. The second kappa shape index (κ2) is 9.84. The van der Waals surface area contributed by atoms with E-state index in [4.69, 9.17) is 14.5 Å². The zero-order chi connectivity index (χ0) is 25.2. The summed E-state index contributed by atoms with van der Waals surface area (Å²) >= 11 is 0. The number of fused-ring (bicyclic) bond motifs is 1. The molecule has 6 rings (SSSR count). The van der Waals surface area contributed by atoms with Crippen molar-refractivity contribution in [3.8, 4) is 34.1 Å². The molecule has 0 bridgehead atoms. The van der Waals surface area contributed by atoms with Crippen LogP contribution < -0.4 is 9.47 Å². The van der Waals surface area contributed by atoms with Crippen molar-refractivity contribution >= 4 is 16.1 Å². The van der Waals surface area contributed by atoms with Gasteiger partial charge in [0.25, 0.3) is 0 Å². The number of benzene rings is 2. The Bertz CT molecular complexity index is 1530. The third-order valence-electron chi connectivity index (χ3n) is 6.72. The molecule has 4 aromatic rings. The highest BCUT2D eigenvalue weighted by molar-refractivity contribution is 7.92. The van der Waals surface area contributed by atoms with Gasteiger partial charge >= 0.3 is 0 Å². The van der Waals surface area contributed by atoms with Gasteiger partial charge in [0.1, 0.15) is 5.82 Å². The number of piperidine rings is 1.